The summed E-state index contributed by atoms with van der Waals surface area (Å²) in [6.07, 6.45) is -11.8. The molecule has 1 aromatic rings. The van der Waals surface area contributed by atoms with Crippen molar-refractivity contribution in [1.82, 2.24) is 0 Å². The molecule has 0 aromatic heterocycles. The van der Waals surface area contributed by atoms with Crippen LogP contribution >= 0.6 is 0 Å². The van der Waals surface area contributed by atoms with Gasteiger partial charge in [0.25, 0.3) is 0 Å². The lowest BCUT2D eigenvalue weighted by Crippen LogP contribution is -2.60. The van der Waals surface area contributed by atoms with Crippen LogP contribution in [0, 0.1) is 11.8 Å². The second-order valence-electron chi connectivity index (χ2n) is 12.1. The minimum atomic E-state index is -1.73. The third-order valence-electron chi connectivity index (χ3n) is 9.20. The average molecular weight is 655 g/mol. The van der Waals surface area contributed by atoms with Gasteiger partial charge in [-0.05, 0) is 36.8 Å². The third-order valence-corrected chi connectivity index (χ3v) is 9.20. The van der Waals surface area contributed by atoms with Gasteiger partial charge in [0.2, 0.25) is 6.29 Å². The molecule has 4 heterocycles. The van der Waals surface area contributed by atoms with E-state index in [1.165, 1.54) is 37.5 Å². The van der Waals surface area contributed by atoms with Gasteiger partial charge >= 0.3 is 5.97 Å². The number of aliphatic hydroxyl groups is 7. The molecule has 16 nitrogen and oxygen atoms in total. The zero-order valence-corrected chi connectivity index (χ0v) is 24.5. The average Bonchev–Trinajstić information content (AvgIpc) is 3.72. The molecule has 1 saturated carbocycles. The van der Waals surface area contributed by atoms with Crippen molar-refractivity contribution in [3.05, 3.63) is 48.2 Å². The van der Waals surface area contributed by atoms with Gasteiger partial charge in [0.05, 0.1) is 31.0 Å². The van der Waals surface area contributed by atoms with E-state index >= 15 is 0 Å². The first-order valence-corrected chi connectivity index (χ1v) is 14.9. The number of rotatable bonds is 9. The lowest BCUT2D eigenvalue weighted by Gasteiger charge is -2.44. The van der Waals surface area contributed by atoms with Crippen LogP contribution in [0.3, 0.4) is 0 Å². The van der Waals surface area contributed by atoms with E-state index in [-0.39, 0.29) is 12.4 Å². The number of aliphatic hydroxyl groups excluding tert-OH is 7. The van der Waals surface area contributed by atoms with Gasteiger partial charge < -0.3 is 74.0 Å². The number of carbonyl (C=O) groups is 1. The van der Waals surface area contributed by atoms with Gasteiger partial charge in [0, 0.05) is 12.0 Å². The van der Waals surface area contributed by atoms with Gasteiger partial charge in [0.1, 0.15) is 66.8 Å². The summed E-state index contributed by atoms with van der Waals surface area (Å²) in [4.78, 5) is 12.7. The van der Waals surface area contributed by atoms with E-state index in [1.54, 1.807) is 18.2 Å². The molecule has 8 N–H and O–H groups in total. The fourth-order valence-corrected chi connectivity index (χ4v) is 6.55. The maximum Gasteiger partial charge on any atom is 0.330 e. The Morgan fingerprint density at radius 1 is 0.891 bits per heavy atom. The number of fused-ring (bicyclic) bond motifs is 3. The van der Waals surface area contributed by atoms with Crippen LogP contribution in [0.25, 0.3) is 6.08 Å². The highest BCUT2D eigenvalue weighted by Crippen LogP contribution is 2.61. The largest absolute Gasteiger partial charge is 0.508 e. The number of esters is 1. The molecule has 1 aliphatic carbocycles. The van der Waals surface area contributed by atoms with Crippen molar-refractivity contribution in [2.24, 2.45) is 11.8 Å². The molecule has 4 aliphatic heterocycles. The van der Waals surface area contributed by atoms with E-state index in [2.05, 4.69) is 0 Å². The van der Waals surface area contributed by atoms with Crippen LogP contribution in [0.4, 0.5) is 0 Å². The zero-order chi connectivity index (χ0) is 32.9. The fraction of sp³-hybridized carbons (Fsp3) is 0.633. The summed E-state index contributed by atoms with van der Waals surface area (Å²) in [5, 5.41) is 81.2. The molecule has 13 unspecified atom stereocenters. The van der Waals surface area contributed by atoms with E-state index in [0.29, 0.717) is 5.56 Å². The highest BCUT2D eigenvalue weighted by Gasteiger charge is 2.77. The molecule has 0 bridgehead atoms. The summed E-state index contributed by atoms with van der Waals surface area (Å²) < 4.78 is 40.7. The molecular formula is C30H38O16. The number of phenols is 1. The molecule has 16 atom stereocenters. The molecule has 0 amide bonds. The van der Waals surface area contributed by atoms with Gasteiger partial charge in [-0.2, -0.15) is 0 Å². The quantitative estimate of drug-likeness (QED) is 0.0763. The van der Waals surface area contributed by atoms with E-state index < -0.39 is 110 Å². The van der Waals surface area contributed by atoms with Crippen LogP contribution in [0.15, 0.2) is 42.7 Å². The number of hydrogen-bond donors (Lipinski definition) is 8. The fourth-order valence-electron chi connectivity index (χ4n) is 6.55. The van der Waals surface area contributed by atoms with Crippen LogP contribution in [0.1, 0.15) is 12.5 Å². The first-order chi connectivity index (χ1) is 21.9. The van der Waals surface area contributed by atoms with Crippen molar-refractivity contribution >= 4 is 12.0 Å². The molecular weight excluding hydrogens is 616 g/mol. The van der Waals surface area contributed by atoms with Crippen molar-refractivity contribution in [2.45, 2.75) is 92.4 Å². The topological polar surface area (TPSA) is 247 Å². The Balaban J connectivity index is 1.22. The molecule has 0 radical (unpaired) electrons. The maximum absolute atomic E-state index is 12.7. The Bertz CT molecular complexity index is 1290. The Hall–Kier alpha value is -2.71. The maximum atomic E-state index is 12.7. The lowest BCUT2D eigenvalue weighted by atomic mass is 9.85. The van der Waals surface area contributed by atoms with Gasteiger partial charge in [-0.15, -0.1) is 0 Å². The number of carbonyl (C=O) groups excluding carboxylic acids is 1. The molecule has 46 heavy (non-hydrogen) atoms. The molecule has 4 fully saturated rings. The van der Waals surface area contributed by atoms with Crippen molar-refractivity contribution in [1.29, 1.82) is 0 Å². The molecule has 16 heteroatoms. The standard InChI is InChI=1S/C30H38O16/c1-12-19(34)21(36)23(38)28(42-12)44-25-15-8-9-40-27(45-29-24(39)22(37)20(35)16(10-31)43-29)18(15)30(26(25)46-30)11-41-17(33)7-4-13-2-5-14(32)6-3-13/h2-9,12,15-16,18-29,31-32,34-39H,10-11H2,1H3/b7-4+/t12?,15?,16?,18?,19?,20?,21?,22?,23?,24?,25-,26+,27-,28?,29?,30?/m0/s1. The number of benzene rings is 1. The smallest absolute Gasteiger partial charge is 0.330 e. The predicted molar refractivity (Wildman–Crippen MR) is 149 cm³/mol. The van der Waals surface area contributed by atoms with Crippen LogP contribution in [-0.2, 0) is 38.0 Å². The number of epoxide rings is 1. The minimum Gasteiger partial charge on any atom is -0.508 e. The highest BCUT2D eigenvalue weighted by molar-refractivity contribution is 5.87. The minimum absolute atomic E-state index is 0.0684. The van der Waals surface area contributed by atoms with E-state index in [1.807, 2.05) is 0 Å². The normalized spacial score (nSPS) is 46.4. The number of phenolic OH excluding ortho intramolecular Hbond substituents is 1. The molecule has 5 aliphatic rings. The summed E-state index contributed by atoms with van der Waals surface area (Å²) in [6, 6.07) is 6.13. The summed E-state index contributed by atoms with van der Waals surface area (Å²) in [5.74, 6) is -2.04. The first kappa shape index (κ1) is 33.2. The first-order valence-electron chi connectivity index (χ1n) is 14.9. The zero-order valence-electron chi connectivity index (χ0n) is 24.5. The van der Waals surface area contributed by atoms with Gasteiger partial charge in [-0.3, -0.25) is 0 Å². The Kier molecular flexibility index (Phi) is 9.43. The van der Waals surface area contributed by atoms with Gasteiger partial charge in [-0.25, -0.2) is 4.79 Å². The molecule has 254 valence electrons. The van der Waals surface area contributed by atoms with Crippen LogP contribution in [0.5, 0.6) is 5.75 Å². The van der Waals surface area contributed by atoms with Gasteiger partial charge in [0.15, 0.2) is 12.6 Å². The summed E-state index contributed by atoms with van der Waals surface area (Å²) in [7, 11) is 0. The molecule has 1 aromatic carbocycles. The van der Waals surface area contributed by atoms with Crippen LogP contribution < -0.4 is 0 Å². The second-order valence-corrected chi connectivity index (χ2v) is 12.1. The number of ether oxygens (including phenoxy) is 7. The number of aromatic hydroxyl groups is 1. The molecule has 0 spiro atoms. The predicted octanol–water partition coefficient (Wildman–Crippen LogP) is -2.77. The van der Waals surface area contributed by atoms with Crippen molar-refractivity contribution in [3.63, 3.8) is 0 Å². The monoisotopic (exact) mass is 654 g/mol. The Morgan fingerprint density at radius 2 is 1.57 bits per heavy atom. The molecule has 6 rings (SSSR count). The van der Waals surface area contributed by atoms with E-state index in [4.69, 9.17) is 33.2 Å². The lowest BCUT2D eigenvalue weighted by molar-refractivity contribution is -0.347. The van der Waals surface area contributed by atoms with Crippen LogP contribution in [-0.4, -0.2) is 146 Å². The van der Waals surface area contributed by atoms with Crippen molar-refractivity contribution in [3.8, 4) is 5.75 Å². The Labute approximate surface area is 262 Å². The van der Waals surface area contributed by atoms with Crippen LogP contribution in [0.2, 0.25) is 0 Å². The van der Waals surface area contributed by atoms with Crippen molar-refractivity contribution < 1.29 is 78.8 Å². The Morgan fingerprint density at radius 3 is 2.26 bits per heavy atom. The summed E-state index contributed by atoms with van der Waals surface area (Å²) in [6.45, 7) is 0.522. The van der Waals surface area contributed by atoms with Gasteiger partial charge in [-0.1, -0.05) is 12.1 Å². The summed E-state index contributed by atoms with van der Waals surface area (Å²) >= 11 is 0. The van der Waals surface area contributed by atoms with Crippen molar-refractivity contribution in [2.75, 3.05) is 13.2 Å². The van der Waals surface area contributed by atoms with E-state index in [0.717, 1.165) is 0 Å². The third kappa shape index (κ3) is 6.05. The summed E-state index contributed by atoms with van der Waals surface area (Å²) in [5.41, 5.74) is -0.640. The second kappa shape index (κ2) is 13.1. The molecule has 3 saturated heterocycles. The number of hydrogen-bond acceptors (Lipinski definition) is 16. The SMILES string of the molecule is CC1OC(O[C@H]2C3C=CO[C@@H](OC4OC(CO)C(O)C(O)C4O)C3C3(COC(=O)/C=C/c4ccc(O)cc4)O[C@H]23)C(O)C(O)C1O. The van der Waals surface area contributed by atoms with E-state index in [9.17, 15) is 45.6 Å². The highest BCUT2D eigenvalue weighted by atomic mass is 16.8.